The molecule has 0 saturated carbocycles. The van der Waals surface area contributed by atoms with Gasteiger partial charge in [-0.2, -0.15) is 0 Å². The molecule has 118 valence electrons. The molecule has 1 atom stereocenters. The first-order chi connectivity index (χ1) is 9.90. The van der Waals surface area contributed by atoms with Crippen molar-refractivity contribution in [3.63, 3.8) is 0 Å². The van der Waals surface area contributed by atoms with Crippen molar-refractivity contribution < 1.29 is 12.8 Å². The molecule has 0 radical (unpaired) electrons. The lowest BCUT2D eigenvalue weighted by Crippen LogP contribution is -2.33. The maximum absolute atomic E-state index is 13.8. The van der Waals surface area contributed by atoms with Crippen LogP contribution in [0.1, 0.15) is 19.3 Å². The van der Waals surface area contributed by atoms with Crippen LogP contribution in [0.3, 0.4) is 0 Å². The molecule has 4 nitrogen and oxygen atoms in total. The quantitative estimate of drug-likeness (QED) is 0.749. The Bertz CT molecular complexity index is 606. The van der Waals surface area contributed by atoms with Crippen LogP contribution in [0.5, 0.6) is 0 Å². The number of benzene rings is 1. The summed E-state index contributed by atoms with van der Waals surface area (Å²) >= 11 is 8.89. The van der Waals surface area contributed by atoms with E-state index in [4.69, 9.17) is 11.6 Å². The van der Waals surface area contributed by atoms with E-state index in [0.29, 0.717) is 16.9 Å². The van der Waals surface area contributed by atoms with Crippen LogP contribution in [0.4, 0.5) is 4.39 Å². The van der Waals surface area contributed by atoms with Crippen molar-refractivity contribution in [2.24, 2.45) is 5.92 Å². The number of nitrogens with one attached hydrogen (secondary N) is 2. The molecule has 0 aromatic heterocycles. The third-order valence-corrected chi connectivity index (χ3v) is 6.18. The van der Waals surface area contributed by atoms with Crippen molar-refractivity contribution in [2.45, 2.75) is 24.2 Å². The fraction of sp³-hybridized carbons (Fsp3) is 0.538. The van der Waals surface area contributed by atoms with Crippen LogP contribution in [0.25, 0.3) is 0 Å². The van der Waals surface area contributed by atoms with Gasteiger partial charge in [-0.1, -0.05) is 11.6 Å². The fourth-order valence-electron chi connectivity index (χ4n) is 2.36. The predicted octanol–water partition coefficient (Wildman–Crippen LogP) is 2.91. The molecule has 0 amide bonds. The summed E-state index contributed by atoms with van der Waals surface area (Å²) in [6, 6.07) is 2.17. The van der Waals surface area contributed by atoms with Crippen molar-refractivity contribution in [2.75, 3.05) is 19.6 Å². The zero-order chi connectivity index (χ0) is 15.5. The summed E-state index contributed by atoms with van der Waals surface area (Å²) in [6.07, 6.45) is 2.93. The Balaban J connectivity index is 1.99. The van der Waals surface area contributed by atoms with E-state index in [0.717, 1.165) is 44.5 Å². The molecule has 1 aromatic carbocycles. The SMILES string of the molecule is O=S(=O)(NCCC1CCCNC1)c1cc(Cl)c(Br)cc1F. The van der Waals surface area contributed by atoms with E-state index in [1.165, 1.54) is 0 Å². The average Bonchev–Trinajstić information content (AvgIpc) is 2.43. The van der Waals surface area contributed by atoms with Crippen LogP contribution in [0.15, 0.2) is 21.5 Å². The normalized spacial score (nSPS) is 19.7. The molecule has 1 aromatic rings. The first-order valence-electron chi connectivity index (χ1n) is 6.75. The zero-order valence-corrected chi connectivity index (χ0v) is 14.5. The molecule has 0 aliphatic carbocycles. The van der Waals surface area contributed by atoms with E-state index in [-0.39, 0.29) is 5.02 Å². The molecule has 1 aliphatic heterocycles. The summed E-state index contributed by atoms with van der Waals surface area (Å²) in [5.41, 5.74) is 0. The number of sulfonamides is 1. The van der Waals surface area contributed by atoms with Gasteiger partial charge in [0.15, 0.2) is 0 Å². The van der Waals surface area contributed by atoms with Crippen LogP contribution >= 0.6 is 27.5 Å². The summed E-state index contributed by atoms with van der Waals surface area (Å²) in [6.45, 7) is 2.22. The molecule has 1 unspecified atom stereocenters. The van der Waals surface area contributed by atoms with Crippen molar-refractivity contribution in [3.8, 4) is 0 Å². The first-order valence-corrected chi connectivity index (χ1v) is 9.40. The topological polar surface area (TPSA) is 58.2 Å². The molecule has 2 rings (SSSR count). The van der Waals surface area contributed by atoms with Crippen LogP contribution in [0, 0.1) is 11.7 Å². The summed E-state index contributed by atoms with van der Waals surface area (Å²) in [4.78, 5) is -0.419. The minimum atomic E-state index is -3.88. The first kappa shape index (κ1) is 17.1. The maximum atomic E-state index is 13.8. The van der Waals surface area contributed by atoms with E-state index in [1.807, 2.05) is 0 Å². The van der Waals surface area contributed by atoms with E-state index in [2.05, 4.69) is 26.0 Å². The number of piperidine rings is 1. The molecular weight excluding hydrogens is 383 g/mol. The van der Waals surface area contributed by atoms with Crippen LogP contribution in [-0.2, 0) is 10.0 Å². The molecule has 0 bridgehead atoms. The van der Waals surface area contributed by atoms with Gasteiger partial charge in [0.1, 0.15) is 10.7 Å². The van der Waals surface area contributed by atoms with E-state index >= 15 is 0 Å². The zero-order valence-electron chi connectivity index (χ0n) is 11.3. The highest BCUT2D eigenvalue weighted by atomic mass is 79.9. The van der Waals surface area contributed by atoms with Crippen LogP contribution < -0.4 is 10.0 Å². The fourth-order valence-corrected chi connectivity index (χ4v) is 4.03. The van der Waals surface area contributed by atoms with Gasteiger partial charge in [-0.05, 0) is 66.3 Å². The molecule has 8 heteroatoms. The van der Waals surface area contributed by atoms with Crippen molar-refractivity contribution in [1.82, 2.24) is 10.0 Å². The molecule has 21 heavy (non-hydrogen) atoms. The lowest BCUT2D eigenvalue weighted by molar-refractivity contribution is 0.358. The molecule has 0 spiro atoms. The second-order valence-electron chi connectivity index (χ2n) is 5.10. The Hall–Kier alpha value is -0.210. The second-order valence-corrected chi connectivity index (χ2v) is 8.09. The maximum Gasteiger partial charge on any atom is 0.243 e. The summed E-state index contributed by atoms with van der Waals surface area (Å²) in [7, 11) is -3.88. The van der Waals surface area contributed by atoms with Gasteiger partial charge in [0.25, 0.3) is 0 Å². The number of rotatable bonds is 5. The lowest BCUT2D eigenvalue weighted by Gasteiger charge is -2.22. The van der Waals surface area contributed by atoms with E-state index in [9.17, 15) is 12.8 Å². The van der Waals surface area contributed by atoms with Gasteiger partial charge in [0, 0.05) is 11.0 Å². The molecule has 1 saturated heterocycles. The molecule has 1 aliphatic rings. The van der Waals surface area contributed by atoms with Gasteiger partial charge < -0.3 is 5.32 Å². The van der Waals surface area contributed by atoms with E-state index < -0.39 is 20.7 Å². The van der Waals surface area contributed by atoms with Crippen molar-refractivity contribution >= 4 is 37.6 Å². The third kappa shape index (κ3) is 4.63. The largest absolute Gasteiger partial charge is 0.316 e. The predicted molar refractivity (Wildman–Crippen MR) is 84.5 cm³/mol. The standard InChI is InChI=1S/C13H17BrClFN2O2S/c14-10-6-12(16)13(7-11(10)15)21(19,20)18-5-3-9-2-1-4-17-8-9/h6-7,9,17-18H,1-5,8H2. The molecule has 2 N–H and O–H groups in total. The van der Waals surface area contributed by atoms with Gasteiger partial charge in [0.2, 0.25) is 10.0 Å². The Kier molecular flexibility index (Phi) is 6.02. The average molecular weight is 400 g/mol. The Morgan fingerprint density at radius 3 is 2.90 bits per heavy atom. The highest BCUT2D eigenvalue weighted by molar-refractivity contribution is 9.10. The highest BCUT2D eigenvalue weighted by Gasteiger charge is 2.21. The Labute approximate surface area is 137 Å². The second kappa shape index (κ2) is 7.37. The lowest BCUT2D eigenvalue weighted by atomic mass is 9.96. The highest BCUT2D eigenvalue weighted by Crippen LogP contribution is 2.28. The van der Waals surface area contributed by atoms with Gasteiger partial charge in [-0.25, -0.2) is 17.5 Å². The van der Waals surface area contributed by atoms with Crippen molar-refractivity contribution in [3.05, 3.63) is 27.4 Å². The summed E-state index contributed by atoms with van der Waals surface area (Å²) < 4.78 is 40.8. The number of hydrogen-bond acceptors (Lipinski definition) is 3. The Morgan fingerprint density at radius 2 is 2.24 bits per heavy atom. The van der Waals surface area contributed by atoms with Gasteiger partial charge in [-0.3, -0.25) is 0 Å². The summed E-state index contributed by atoms with van der Waals surface area (Å²) in [5, 5.41) is 3.44. The van der Waals surface area contributed by atoms with Gasteiger partial charge in [-0.15, -0.1) is 0 Å². The van der Waals surface area contributed by atoms with Gasteiger partial charge in [0.05, 0.1) is 5.02 Å². The minimum absolute atomic E-state index is 0.160. The van der Waals surface area contributed by atoms with Crippen LogP contribution in [-0.4, -0.2) is 28.1 Å². The molecular formula is C13H17BrClFN2O2S. The van der Waals surface area contributed by atoms with E-state index in [1.54, 1.807) is 0 Å². The monoisotopic (exact) mass is 398 g/mol. The smallest absolute Gasteiger partial charge is 0.243 e. The Morgan fingerprint density at radius 1 is 1.48 bits per heavy atom. The molecule has 1 fully saturated rings. The summed E-state index contributed by atoms with van der Waals surface area (Å²) in [5.74, 6) is -0.363. The van der Waals surface area contributed by atoms with Crippen LogP contribution in [0.2, 0.25) is 5.02 Å². The third-order valence-electron chi connectivity index (χ3n) is 3.51. The number of hydrogen-bond donors (Lipinski definition) is 2. The number of halogens is 3. The molecule has 1 heterocycles. The minimum Gasteiger partial charge on any atom is -0.316 e. The van der Waals surface area contributed by atoms with Gasteiger partial charge >= 0.3 is 0 Å². The van der Waals surface area contributed by atoms with Crippen molar-refractivity contribution in [1.29, 1.82) is 0 Å².